The maximum absolute atomic E-state index is 13.2. The summed E-state index contributed by atoms with van der Waals surface area (Å²) in [7, 11) is -4.09. The smallest absolute Gasteiger partial charge is 0.371 e. The molecule has 0 spiro atoms. The molecule has 1 amide bonds. The molecule has 0 saturated heterocycles. The number of rotatable bonds is 6. The molecule has 2 heterocycles. The fraction of sp³-hybridized carbons (Fsp3) is 0.500. The second-order valence-corrected chi connectivity index (χ2v) is 12.6. The van der Waals surface area contributed by atoms with E-state index in [4.69, 9.17) is 14.4 Å². The molecule has 0 aliphatic heterocycles. The van der Waals surface area contributed by atoms with Crippen LogP contribution < -0.4 is 14.6 Å². The highest BCUT2D eigenvalue weighted by Gasteiger charge is 2.55. The van der Waals surface area contributed by atoms with Gasteiger partial charge in [0.15, 0.2) is 0 Å². The summed E-state index contributed by atoms with van der Waals surface area (Å²) in [5.41, 5.74) is 7.37. The first-order valence-corrected chi connectivity index (χ1v) is 15.1. The van der Waals surface area contributed by atoms with E-state index in [1.807, 2.05) is 19.9 Å². The normalized spacial score (nSPS) is 25.3. The first kappa shape index (κ1) is 25.9. The van der Waals surface area contributed by atoms with Gasteiger partial charge in [-0.1, -0.05) is 19.9 Å². The van der Waals surface area contributed by atoms with Crippen molar-refractivity contribution in [2.24, 2.45) is 17.0 Å². The maximum atomic E-state index is 13.2. The standard InChI is InChI=1S/C28H34N6O4S/c1-4-16-9-21-17(10-24(16)38-39(29,36)37)5-6-20-19(21)7-8-28(3)23(20)11-22-25(33-34-26(22)28)27(35)32-14-18-13-30-15(2)12-31-18/h9-10,12-13,19-20,23H,4-8,11,14H2,1-3H3,(H,32,35)(H,33,34)(H2,29,36,37). The average Bonchev–Trinajstić information content (AvgIpc) is 3.45. The first-order valence-electron chi connectivity index (χ1n) is 13.6. The van der Waals surface area contributed by atoms with Gasteiger partial charge in [0.25, 0.3) is 5.91 Å². The van der Waals surface area contributed by atoms with E-state index in [1.54, 1.807) is 12.4 Å². The van der Waals surface area contributed by atoms with Gasteiger partial charge in [-0.3, -0.25) is 19.9 Å². The highest BCUT2D eigenvalue weighted by molar-refractivity contribution is 7.84. The van der Waals surface area contributed by atoms with E-state index in [0.717, 1.165) is 60.2 Å². The zero-order valence-electron chi connectivity index (χ0n) is 22.5. The fourth-order valence-electron chi connectivity index (χ4n) is 7.33. The SMILES string of the molecule is CCc1cc2c(cc1OS(N)(=O)=O)CCC1C2CCC2(C)c3n[nH]c(C(=O)NCc4cnc(C)cn4)c3CC12. The summed E-state index contributed by atoms with van der Waals surface area (Å²) in [6, 6.07) is 4.01. The number of aromatic nitrogens is 4. The predicted octanol–water partition coefficient (Wildman–Crippen LogP) is 3.15. The third kappa shape index (κ3) is 4.51. The lowest BCUT2D eigenvalue weighted by Gasteiger charge is -2.49. The number of hydrogen-bond acceptors (Lipinski definition) is 7. The van der Waals surface area contributed by atoms with Crippen molar-refractivity contribution in [2.45, 2.75) is 77.2 Å². The number of aromatic amines is 1. The number of fused-ring (bicyclic) bond motifs is 7. The molecule has 2 aromatic heterocycles. The minimum atomic E-state index is -4.09. The third-order valence-corrected chi connectivity index (χ3v) is 9.62. The Morgan fingerprint density at radius 1 is 1.26 bits per heavy atom. The number of nitrogens with one attached hydrogen (secondary N) is 2. The second kappa shape index (κ2) is 9.41. The van der Waals surface area contributed by atoms with Crippen LogP contribution >= 0.6 is 0 Å². The lowest BCUT2D eigenvalue weighted by atomic mass is 9.55. The second-order valence-electron chi connectivity index (χ2n) is 11.4. The molecule has 4 unspecified atom stereocenters. The van der Waals surface area contributed by atoms with Crippen LogP contribution in [0.2, 0.25) is 0 Å². The van der Waals surface area contributed by atoms with Crippen LogP contribution in [0.3, 0.4) is 0 Å². The maximum Gasteiger partial charge on any atom is 0.380 e. The van der Waals surface area contributed by atoms with E-state index in [1.165, 1.54) is 5.56 Å². The summed E-state index contributed by atoms with van der Waals surface area (Å²) in [5, 5.41) is 15.9. The molecule has 3 aliphatic carbocycles. The summed E-state index contributed by atoms with van der Waals surface area (Å²) in [6.07, 6.45) is 8.69. The summed E-state index contributed by atoms with van der Waals surface area (Å²) in [5.74, 6) is 1.39. The van der Waals surface area contributed by atoms with Crippen molar-refractivity contribution in [3.05, 3.63) is 69.6 Å². The molecule has 0 radical (unpaired) electrons. The van der Waals surface area contributed by atoms with Gasteiger partial charge in [0, 0.05) is 17.2 Å². The molecule has 11 heteroatoms. The highest BCUT2D eigenvalue weighted by Crippen LogP contribution is 2.60. The van der Waals surface area contributed by atoms with Crippen molar-refractivity contribution >= 4 is 16.2 Å². The third-order valence-electron chi connectivity index (χ3n) is 9.21. The van der Waals surface area contributed by atoms with Crippen molar-refractivity contribution < 1.29 is 17.4 Å². The van der Waals surface area contributed by atoms with Crippen LogP contribution in [-0.4, -0.2) is 34.5 Å². The molecule has 1 fully saturated rings. The Labute approximate surface area is 228 Å². The molecule has 39 heavy (non-hydrogen) atoms. The number of amides is 1. The van der Waals surface area contributed by atoms with E-state index < -0.39 is 10.3 Å². The minimum Gasteiger partial charge on any atom is -0.371 e. The van der Waals surface area contributed by atoms with Gasteiger partial charge >= 0.3 is 10.3 Å². The van der Waals surface area contributed by atoms with Crippen molar-refractivity contribution in [3.63, 3.8) is 0 Å². The Kier molecular flexibility index (Phi) is 6.26. The molecule has 4 atom stereocenters. The number of nitrogens with two attached hydrogens (primary N) is 1. The summed E-state index contributed by atoms with van der Waals surface area (Å²) in [6.45, 7) is 6.48. The predicted molar refractivity (Wildman–Crippen MR) is 144 cm³/mol. The van der Waals surface area contributed by atoms with Gasteiger partial charge in [0.05, 0.1) is 29.8 Å². The van der Waals surface area contributed by atoms with Crippen molar-refractivity contribution in [3.8, 4) is 5.75 Å². The number of carbonyl (C=O) groups excluding carboxylic acids is 1. The molecular weight excluding hydrogens is 516 g/mol. The van der Waals surface area contributed by atoms with Crippen molar-refractivity contribution in [1.82, 2.24) is 25.5 Å². The summed E-state index contributed by atoms with van der Waals surface area (Å²) in [4.78, 5) is 21.7. The average molecular weight is 551 g/mol. The molecule has 1 aromatic carbocycles. The van der Waals surface area contributed by atoms with Gasteiger partial charge in [-0.15, -0.1) is 0 Å². The van der Waals surface area contributed by atoms with Gasteiger partial charge in [0.1, 0.15) is 11.4 Å². The van der Waals surface area contributed by atoms with E-state index in [0.29, 0.717) is 47.9 Å². The molecular formula is C28H34N6O4S. The highest BCUT2D eigenvalue weighted by atomic mass is 32.2. The Balaban J connectivity index is 1.24. The molecule has 6 rings (SSSR count). The van der Waals surface area contributed by atoms with E-state index in [-0.39, 0.29) is 11.3 Å². The molecule has 3 aliphatic rings. The number of benzene rings is 1. The number of carbonyl (C=O) groups is 1. The number of H-pyrrole nitrogens is 1. The Morgan fingerprint density at radius 2 is 2.08 bits per heavy atom. The lowest BCUT2D eigenvalue weighted by Crippen LogP contribution is -2.43. The lowest BCUT2D eigenvalue weighted by molar-refractivity contribution is 0.0937. The molecule has 206 valence electrons. The van der Waals surface area contributed by atoms with Gasteiger partial charge in [-0.2, -0.15) is 18.7 Å². The molecule has 4 N–H and O–H groups in total. The first-order chi connectivity index (χ1) is 18.6. The molecule has 0 bridgehead atoms. The fourth-order valence-corrected chi connectivity index (χ4v) is 7.73. The number of nitrogens with zero attached hydrogens (tertiary/aromatic N) is 3. The minimum absolute atomic E-state index is 0.0876. The van der Waals surface area contributed by atoms with Crippen LogP contribution in [0.15, 0.2) is 24.5 Å². The Hall–Kier alpha value is -3.31. The molecule has 1 saturated carbocycles. The van der Waals surface area contributed by atoms with E-state index in [2.05, 4.69) is 33.4 Å². The topological polar surface area (TPSA) is 153 Å². The largest absolute Gasteiger partial charge is 0.380 e. The zero-order valence-corrected chi connectivity index (χ0v) is 23.3. The molecule has 10 nitrogen and oxygen atoms in total. The van der Waals surface area contributed by atoms with Crippen LogP contribution in [0.25, 0.3) is 0 Å². The van der Waals surface area contributed by atoms with Gasteiger partial charge < -0.3 is 9.50 Å². The van der Waals surface area contributed by atoms with Crippen LogP contribution in [0.5, 0.6) is 5.75 Å². The van der Waals surface area contributed by atoms with Gasteiger partial charge in [-0.25, -0.2) is 0 Å². The van der Waals surface area contributed by atoms with Crippen LogP contribution in [0.4, 0.5) is 0 Å². The Morgan fingerprint density at radius 3 is 2.79 bits per heavy atom. The molecule has 3 aromatic rings. The van der Waals surface area contributed by atoms with Crippen LogP contribution in [0, 0.1) is 18.8 Å². The number of aryl methyl sites for hydroxylation is 3. The van der Waals surface area contributed by atoms with Crippen molar-refractivity contribution in [2.75, 3.05) is 0 Å². The summed E-state index contributed by atoms with van der Waals surface area (Å²) >= 11 is 0. The zero-order chi connectivity index (χ0) is 27.5. The van der Waals surface area contributed by atoms with Gasteiger partial charge in [0.2, 0.25) is 0 Å². The summed E-state index contributed by atoms with van der Waals surface area (Å²) < 4.78 is 28.4. The van der Waals surface area contributed by atoms with E-state index >= 15 is 0 Å². The quantitative estimate of drug-likeness (QED) is 0.426. The monoisotopic (exact) mass is 550 g/mol. The Bertz CT molecular complexity index is 1550. The van der Waals surface area contributed by atoms with Gasteiger partial charge in [-0.05, 0) is 86.0 Å². The van der Waals surface area contributed by atoms with E-state index in [9.17, 15) is 13.2 Å². The van der Waals surface area contributed by atoms with Crippen LogP contribution in [-0.2, 0) is 41.5 Å². The number of hydrogen-bond donors (Lipinski definition) is 3. The van der Waals surface area contributed by atoms with Crippen LogP contribution in [0.1, 0.15) is 88.9 Å². The van der Waals surface area contributed by atoms with Crippen molar-refractivity contribution in [1.29, 1.82) is 0 Å².